The van der Waals surface area contributed by atoms with Gasteiger partial charge in [-0.2, -0.15) is 0 Å². The minimum absolute atomic E-state index is 0.202. The lowest BCUT2D eigenvalue weighted by molar-refractivity contribution is -0.131. The lowest BCUT2D eigenvalue weighted by Crippen LogP contribution is -2.39. The Balaban J connectivity index is 1.69. The summed E-state index contributed by atoms with van der Waals surface area (Å²) in [7, 11) is 0. The van der Waals surface area contributed by atoms with Crippen molar-refractivity contribution in [3.8, 4) is 0 Å². The maximum atomic E-state index is 12.6. The number of hydrogen-bond donors (Lipinski definition) is 0. The van der Waals surface area contributed by atoms with Gasteiger partial charge in [-0.05, 0) is 25.0 Å². The van der Waals surface area contributed by atoms with Gasteiger partial charge in [0.2, 0.25) is 5.91 Å². The Morgan fingerprint density at radius 3 is 2.48 bits per heavy atom. The van der Waals surface area contributed by atoms with Crippen molar-refractivity contribution in [2.75, 3.05) is 18.8 Å². The van der Waals surface area contributed by atoms with Gasteiger partial charge in [-0.1, -0.05) is 36.6 Å². The summed E-state index contributed by atoms with van der Waals surface area (Å²) in [5, 5.41) is 1.68. The maximum Gasteiger partial charge on any atom is 0.248 e. The molecule has 0 spiro atoms. The lowest BCUT2D eigenvalue weighted by atomic mass is 10.2. The summed E-state index contributed by atoms with van der Waals surface area (Å²) in [5.41, 5.74) is 1.05. The molecule has 1 unspecified atom stereocenters. The third kappa shape index (κ3) is 3.61. The molecule has 1 amide bonds. The van der Waals surface area contributed by atoms with Crippen molar-refractivity contribution in [2.45, 2.75) is 31.7 Å². The zero-order valence-corrected chi connectivity index (χ0v) is 13.5. The fourth-order valence-corrected chi connectivity index (χ4v) is 3.92. The van der Waals surface area contributed by atoms with Crippen LogP contribution in [0.2, 0.25) is 5.02 Å². The average Bonchev–Trinajstić information content (AvgIpc) is 2.83. The van der Waals surface area contributed by atoms with Crippen LogP contribution in [-0.2, 0) is 4.79 Å². The zero-order valence-electron chi connectivity index (χ0n) is 11.9. The Morgan fingerprint density at radius 1 is 1.14 bits per heavy atom. The van der Waals surface area contributed by atoms with Crippen molar-refractivity contribution in [1.29, 1.82) is 0 Å². The SMILES string of the molecule is O=C(C1CSC(c2ccc(Cl)cc2)=N1)N1CCCCCC1. The topological polar surface area (TPSA) is 32.7 Å². The van der Waals surface area contributed by atoms with Crippen LogP contribution in [0, 0.1) is 0 Å². The number of rotatable bonds is 2. The standard InChI is InChI=1S/C16H19ClN2OS/c17-13-7-5-12(6-8-13)15-18-14(11-21-15)16(20)19-9-3-1-2-4-10-19/h5-8,14H,1-4,9-11H2. The first-order valence-electron chi connectivity index (χ1n) is 7.49. The number of carbonyl (C=O) groups excluding carboxylic acids is 1. The molecule has 0 aromatic heterocycles. The molecule has 0 bridgehead atoms. The summed E-state index contributed by atoms with van der Waals surface area (Å²) in [4.78, 5) is 19.2. The van der Waals surface area contributed by atoms with E-state index in [0.717, 1.165) is 47.3 Å². The monoisotopic (exact) mass is 322 g/mol. The van der Waals surface area contributed by atoms with Gasteiger partial charge in [0.05, 0.1) is 5.04 Å². The minimum atomic E-state index is -0.209. The number of nitrogens with zero attached hydrogens (tertiary/aromatic N) is 2. The molecule has 1 saturated heterocycles. The molecule has 3 rings (SSSR count). The van der Waals surface area contributed by atoms with E-state index >= 15 is 0 Å². The van der Waals surface area contributed by atoms with Crippen molar-refractivity contribution in [1.82, 2.24) is 4.90 Å². The van der Waals surface area contributed by atoms with Crippen LogP contribution in [0.15, 0.2) is 29.3 Å². The molecule has 0 radical (unpaired) electrons. The number of likely N-dealkylation sites (tertiary alicyclic amines) is 1. The molecule has 2 aliphatic rings. The number of thioether (sulfide) groups is 1. The highest BCUT2D eigenvalue weighted by Gasteiger charge is 2.29. The van der Waals surface area contributed by atoms with Gasteiger partial charge in [0.1, 0.15) is 6.04 Å². The molecule has 3 nitrogen and oxygen atoms in total. The molecule has 0 saturated carbocycles. The second-order valence-corrected chi connectivity index (χ2v) is 6.95. The number of halogens is 1. The third-order valence-corrected chi connectivity index (χ3v) is 5.29. The van der Waals surface area contributed by atoms with E-state index in [0.29, 0.717) is 0 Å². The van der Waals surface area contributed by atoms with Crippen LogP contribution in [0.1, 0.15) is 31.2 Å². The molecule has 0 aliphatic carbocycles. The third-order valence-electron chi connectivity index (χ3n) is 3.94. The van der Waals surface area contributed by atoms with Gasteiger partial charge < -0.3 is 4.90 Å². The highest BCUT2D eigenvalue weighted by atomic mass is 35.5. The molecule has 2 aliphatic heterocycles. The lowest BCUT2D eigenvalue weighted by Gasteiger charge is -2.22. The fourth-order valence-electron chi connectivity index (χ4n) is 2.75. The largest absolute Gasteiger partial charge is 0.341 e. The molecular formula is C16H19ClN2OS. The van der Waals surface area contributed by atoms with Crippen molar-refractivity contribution in [3.05, 3.63) is 34.9 Å². The summed E-state index contributed by atoms with van der Waals surface area (Å²) in [6.07, 6.45) is 4.73. The van der Waals surface area contributed by atoms with Crippen LogP contribution < -0.4 is 0 Å². The maximum absolute atomic E-state index is 12.6. The highest BCUT2D eigenvalue weighted by Crippen LogP contribution is 2.26. The highest BCUT2D eigenvalue weighted by molar-refractivity contribution is 8.14. The van der Waals surface area contributed by atoms with Crippen molar-refractivity contribution in [2.24, 2.45) is 4.99 Å². The fraction of sp³-hybridized carbons (Fsp3) is 0.500. The van der Waals surface area contributed by atoms with Gasteiger partial charge in [-0.25, -0.2) is 0 Å². The molecule has 1 aromatic rings. The Morgan fingerprint density at radius 2 is 1.81 bits per heavy atom. The summed E-state index contributed by atoms with van der Waals surface area (Å²) < 4.78 is 0. The van der Waals surface area contributed by atoms with Crippen LogP contribution in [0.5, 0.6) is 0 Å². The predicted molar refractivity (Wildman–Crippen MR) is 89.3 cm³/mol. The van der Waals surface area contributed by atoms with Crippen LogP contribution in [0.3, 0.4) is 0 Å². The van der Waals surface area contributed by atoms with Gasteiger partial charge in [0.25, 0.3) is 0 Å². The molecule has 1 aromatic carbocycles. The van der Waals surface area contributed by atoms with Gasteiger partial charge in [0.15, 0.2) is 0 Å². The van der Waals surface area contributed by atoms with Crippen molar-refractivity contribution < 1.29 is 4.79 Å². The Bertz CT molecular complexity index is 536. The second-order valence-electron chi connectivity index (χ2n) is 5.51. The van der Waals surface area contributed by atoms with Gasteiger partial charge in [0, 0.05) is 29.4 Å². The Labute approximate surface area is 134 Å². The smallest absolute Gasteiger partial charge is 0.248 e. The van der Waals surface area contributed by atoms with E-state index in [9.17, 15) is 4.79 Å². The molecule has 1 atom stereocenters. The number of aliphatic imine (C=N–C) groups is 1. The predicted octanol–water partition coefficient (Wildman–Crippen LogP) is 3.60. The second kappa shape index (κ2) is 6.84. The zero-order chi connectivity index (χ0) is 14.7. The summed E-state index contributed by atoms with van der Waals surface area (Å²) >= 11 is 7.57. The van der Waals surface area contributed by atoms with E-state index in [1.54, 1.807) is 11.8 Å². The first-order chi connectivity index (χ1) is 10.2. The van der Waals surface area contributed by atoms with Crippen molar-refractivity contribution >= 4 is 34.3 Å². The molecule has 2 heterocycles. The van der Waals surface area contributed by atoms with E-state index in [1.807, 2.05) is 29.2 Å². The first kappa shape index (κ1) is 14.9. The van der Waals surface area contributed by atoms with E-state index in [2.05, 4.69) is 4.99 Å². The minimum Gasteiger partial charge on any atom is -0.341 e. The molecule has 112 valence electrons. The van der Waals surface area contributed by atoms with Crippen molar-refractivity contribution in [3.63, 3.8) is 0 Å². The molecule has 0 N–H and O–H groups in total. The van der Waals surface area contributed by atoms with E-state index < -0.39 is 0 Å². The van der Waals surface area contributed by atoms with E-state index in [4.69, 9.17) is 11.6 Å². The van der Waals surface area contributed by atoms with Gasteiger partial charge in [-0.15, -0.1) is 11.8 Å². The summed E-state index contributed by atoms with van der Waals surface area (Å²) in [6, 6.07) is 7.45. The molecule has 21 heavy (non-hydrogen) atoms. The number of hydrogen-bond acceptors (Lipinski definition) is 3. The van der Waals surface area contributed by atoms with Gasteiger partial charge in [-0.3, -0.25) is 9.79 Å². The van der Waals surface area contributed by atoms with Crippen LogP contribution in [0.25, 0.3) is 0 Å². The average molecular weight is 323 g/mol. The van der Waals surface area contributed by atoms with Crippen LogP contribution in [-0.4, -0.2) is 40.7 Å². The quantitative estimate of drug-likeness (QED) is 0.833. The number of amides is 1. The van der Waals surface area contributed by atoms with Gasteiger partial charge >= 0.3 is 0 Å². The number of benzene rings is 1. The van der Waals surface area contributed by atoms with Crippen LogP contribution >= 0.6 is 23.4 Å². The summed E-state index contributed by atoms with van der Waals surface area (Å²) in [5.74, 6) is 0.959. The normalized spacial score (nSPS) is 22.8. The Hall–Kier alpha value is -1.00. The molecule has 1 fully saturated rings. The first-order valence-corrected chi connectivity index (χ1v) is 8.86. The summed E-state index contributed by atoms with van der Waals surface area (Å²) in [6.45, 7) is 1.79. The van der Waals surface area contributed by atoms with Crippen LogP contribution in [0.4, 0.5) is 0 Å². The van der Waals surface area contributed by atoms with E-state index in [-0.39, 0.29) is 11.9 Å². The number of carbonyl (C=O) groups is 1. The molecular weight excluding hydrogens is 304 g/mol. The Kier molecular flexibility index (Phi) is 4.86. The van der Waals surface area contributed by atoms with E-state index in [1.165, 1.54) is 12.8 Å². The molecule has 5 heteroatoms.